The molecule has 2 saturated carbocycles. The van der Waals surface area contributed by atoms with Crippen LogP contribution in [0.1, 0.15) is 88.2 Å². The van der Waals surface area contributed by atoms with E-state index in [1.165, 1.54) is 6.42 Å². The largest absolute Gasteiger partial charge is 0.486 e. The van der Waals surface area contributed by atoms with Crippen molar-refractivity contribution in [1.82, 2.24) is 5.32 Å². The van der Waals surface area contributed by atoms with E-state index < -0.39 is 0 Å². The Bertz CT molecular complexity index is 832. The molecule has 1 heterocycles. The zero-order chi connectivity index (χ0) is 21.2. The Morgan fingerprint density at radius 1 is 1.21 bits per heavy atom. The number of aryl methyl sites for hydroxylation is 1. The van der Waals surface area contributed by atoms with E-state index in [0.717, 1.165) is 48.1 Å². The van der Waals surface area contributed by atoms with Crippen LogP contribution < -0.4 is 10.1 Å². The molecule has 1 aliphatic heterocycles. The lowest BCUT2D eigenvalue weighted by molar-refractivity contribution is -0.227. The molecular formula is C25H37NO3. The lowest BCUT2D eigenvalue weighted by Gasteiger charge is -2.65. The summed E-state index contributed by atoms with van der Waals surface area (Å²) in [6.45, 7) is 14.1. The van der Waals surface area contributed by atoms with E-state index in [-0.39, 0.29) is 34.4 Å². The van der Waals surface area contributed by atoms with Gasteiger partial charge < -0.3 is 15.2 Å². The zero-order valence-corrected chi connectivity index (χ0v) is 18.9. The van der Waals surface area contributed by atoms with E-state index in [2.05, 4.69) is 46.0 Å². The highest BCUT2D eigenvalue weighted by Gasteiger charge is 2.65. The molecule has 2 N–H and O–H groups in total. The lowest BCUT2D eigenvalue weighted by atomic mass is 9.44. The molecular weight excluding hydrogens is 362 g/mol. The first-order valence-electron chi connectivity index (χ1n) is 11.4. The van der Waals surface area contributed by atoms with Crippen LogP contribution in [0.25, 0.3) is 0 Å². The Morgan fingerprint density at radius 2 is 1.93 bits per heavy atom. The third-order valence-electron chi connectivity index (χ3n) is 9.10. The highest BCUT2D eigenvalue weighted by Crippen LogP contribution is 2.64. The summed E-state index contributed by atoms with van der Waals surface area (Å²) in [6, 6.07) is 4.08. The second-order valence-corrected chi connectivity index (χ2v) is 10.6. The van der Waals surface area contributed by atoms with Crippen molar-refractivity contribution in [3.63, 3.8) is 0 Å². The highest BCUT2D eigenvalue weighted by molar-refractivity contribution is 5.99. The number of hydrogen-bond donors (Lipinski definition) is 2. The van der Waals surface area contributed by atoms with Gasteiger partial charge in [-0.3, -0.25) is 4.79 Å². The fourth-order valence-corrected chi connectivity index (χ4v) is 6.78. The number of carbonyl (C=O) groups is 1. The van der Waals surface area contributed by atoms with Gasteiger partial charge in [0.1, 0.15) is 11.4 Å². The van der Waals surface area contributed by atoms with Crippen molar-refractivity contribution in [2.24, 2.45) is 22.7 Å². The topological polar surface area (TPSA) is 58.6 Å². The first-order valence-corrected chi connectivity index (χ1v) is 11.4. The molecule has 4 rings (SSSR count). The second-order valence-electron chi connectivity index (χ2n) is 10.6. The number of benzene rings is 1. The SMILES string of the molecule is CCC1(C)C(C)CCC2C(C)(C)C(O)CCC21Oc1cc(C)cc2c1CNC2=O. The summed E-state index contributed by atoms with van der Waals surface area (Å²) < 4.78 is 7.18. The van der Waals surface area contributed by atoms with E-state index in [4.69, 9.17) is 4.74 Å². The van der Waals surface area contributed by atoms with Crippen LogP contribution in [0.2, 0.25) is 0 Å². The molecule has 2 fully saturated rings. The van der Waals surface area contributed by atoms with Crippen molar-refractivity contribution in [2.75, 3.05) is 0 Å². The first-order chi connectivity index (χ1) is 13.6. The minimum Gasteiger partial charge on any atom is -0.486 e. The Labute approximate surface area is 175 Å². The van der Waals surface area contributed by atoms with Crippen molar-refractivity contribution >= 4 is 5.91 Å². The molecule has 0 spiro atoms. The minimum atomic E-state index is -0.338. The van der Waals surface area contributed by atoms with Crippen LogP contribution in [0.15, 0.2) is 12.1 Å². The third-order valence-corrected chi connectivity index (χ3v) is 9.10. The van der Waals surface area contributed by atoms with Crippen molar-refractivity contribution < 1.29 is 14.6 Å². The van der Waals surface area contributed by atoms with E-state index in [0.29, 0.717) is 12.5 Å². The maximum absolute atomic E-state index is 12.3. The molecule has 160 valence electrons. The fraction of sp³-hybridized carbons (Fsp3) is 0.720. The van der Waals surface area contributed by atoms with Gasteiger partial charge in [0.05, 0.1) is 6.10 Å². The Kier molecular flexibility index (Phi) is 4.81. The van der Waals surface area contributed by atoms with Crippen LogP contribution in [0, 0.1) is 29.6 Å². The molecule has 0 bridgehead atoms. The minimum absolute atomic E-state index is 0.00254. The summed E-state index contributed by atoms with van der Waals surface area (Å²) in [6.07, 6.45) is 4.61. The van der Waals surface area contributed by atoms with Crippen LogP contribution in [0.4, 0.5) is 0 Å². The average Bonchev–Trinajstić information content (AvgIpc) is 3.03. The quantitative estimate of drug-likeness (QED) is 0.752. The monoisotopic (exact) mass is 399 g/mol. The molecule has 2 aliphatic carbocycles. The van der Waals surface area contributed by atoms with E-state index in [1.54, 1.807) is 0 Å². The van der Waals surface area contributed by atoms with Gasteiger partial charge in [0.15, 0.2) is 0 Å². The van der Waals surface area contributed by atoms with Crippen molar-refractivity contribution in [1.29, 1.82) is 0 Å². The van der Waals surface area contributed by atoms with Gasteiger partial charge in [0.25, 0.3) is 5.91 Å². The molecule has 1 aromatic rings. The predicted octanol–water partition coefficient (Wildman–Crippen LogP) is 5.00. The van der Waals surface area contributed by atoms with Gasteiger partial charge in [-0.25, -0.2) is 0 Å². The number of fused-ring (bicyclic) bond motifs is 2. The number of aliphatic hydroxyl groups is 1. The first kappa shape index (κ1) is 20.7. The molecule has 5 atom stereocenters. The molecule has 1 amide bonds. The standard InChI is InChI=1S/C25H37NO3/c1-7-24(6)16(3)8-9-20-23(4,5)21(27)10-11-25(20,24)29-19-13-15(2)12-17-18(19)14-26-22(17)28/h12-13,16,20-21,27H,7-11,14H2,1-6H3,(H,26,28). The van der Waals surface area contributed by atoms with Gasteiger partial charge in [-0.05, 0) is 68.1 Å². The van der Waals surface area contributed by atoms with Crippen LogP contribution in [0.3, 0.4) is 0 Å². The Balaban J connectivity index is 1.88. The van der Waals surface area contributed by atoms with Gasteiger partial charge in [0.2, 0.25) is 0 Å². The van der Waals surface area contributed by atoms with Gasteiger partial charge >= 0.3 is 0 Å². The molecule has 0 saturated heterocycles. The predicted molar refractivity (Wildman–Crippen MR) is 115 cm³/mol. The average molecular weight is 400 g/mol. The molecule has 4 nitrogen and oxygen atoms in total. The highest BCUT2D eigenvalue weighted by atomic mass is 16.5. The van der Waals surface area contributed by atoms with Gasteiger partial charge in [-0.2, -0.15) is 0 Å². The molecule has 0 radical (unpaired) electrons. The van der Waals surface area contributed by atoms with Crippen molar-refractivity contribution in [2.45, 2.75) is 91.9 Å². The number of nitrogens with one attached hydrogen (secondary N) is 1. The summed E-state index contributed by atoms with van der Waals surface area (Å²) in [4.78, 5) is 12.3. The van der Waals surface area contributed by atoms with Crippen LogP contribution in [0.5, 0.6) is 5.75 Å². The molecule has 5 unspecified atom stereocenters. The number of ether oxygens (including phenoxy) is 1. The lowest BCUT2D eigenvalue weighted by Crippen LogP contribution is -2.68. The number of aliphatic hydroxyl groups excluding tert-OH is 1. The summed E-state index contributed by atoms with van der Waals surface area (Å²) >= 11 is 0. The summed E-state index contributed by atoms with van der Waals surface area (Å²) in [5, 5.41) is 13.9. The third kappa shape index (κ3) is 2.78. The fourth-order valence-electron chi connectivity index (χ4n) is 6.78. The number of rotatable bonds is 3. The maximum atomic E-state index is 12.3. The van der Waals surface area contributed by atoms with Crippen LogP contribution >= 0.6 is 0 Å². The van der Waals surface area contributed by atoms with Crippen molar-refractivity contribution in [3.05, 3.63) is 28.8 Å². The van der Waals surface area contributed by atoms with Gasteiger partial charge in [-0.15, -0.1) is 0 Å². The summed E-state index contributed by atoms with van der Waals surface area (Å²) in [7, 11) is 0. The van der Waals surface area contributed by atoms with E-state index in [9.17, 15) is 9.90 Å². The van der Waals surface area contributed by atoms with Crippen LogP contribution in [-0.4, -0.2) is 22.7 Å². The zero-order valence-electron chi connectivity index (χ0n) is 18.9. The van der Waals surface area contributed by atoms with Gasteiger partial charge in [0, 0.05) is 29.0 Å². The number of hydrogen-bond acceptors (Lipinski definition) is 3. The summed E-state index contributed by atoms with van der Waals surface area (Å²) in [5.41, 5.74) is 2.28. The van der Waals surface area contributed by atoms with Crippen molar-refractivity contribution in [3.8, 4) is 5.75 Å². The number of carbonyl (C=O) groups excluding carboxylic acids is 1. The molecule has 0 aromatic heterocycles. The molecule has 29 heavy (non-hydrogen) atoms. The smallest absolute Gasteiger partial charge is 0.252 e. The Hall–Kier alpha value is -1.55. The van der Waals surface area contributed by atoms with E-state index >= 15 is 0 Å². The number of amides is 1. The molecule has 4 heteroatoms. The van der Waals surface area contributed by atoms with Crippen LogP contribution in [-0.2, 0) is 6.54 Å². The maximum Gasteiger partial charge on any atom is 0.252 e. The normalized spacial score (nSPS) is 38.2. The summed E-state index contributed by atoms with van der Waals surface area (Å²) in [5.74, 6) is 1.69. The molecule has 3 aliphatic rings. The molecule has 1 aromatic carbocycles. The second kappa shape index (κ2) is 6.73. The Morgan fingerprint density at radius 3 is 2.62 bits per heavy atom. The van der Waals surface area contributed by atoms with E-state index in [1.807, 2.05) is 13.0 Å². The van der Waals surface area contributed by atoms with Gasteiger partial charge in [-0.1, -0.05) is 34.6 Å².